The van der Waals surface area contributed by atoms with E-state index in [1.165, 1.54) is 6.07 Å². The molecule has 1 aromatic heterocycles. The standard InChI is InChI=1S/C27H18FN/c28-25-9-4-7-23(18-25)20-13-11-19(12-14-20)22-6-3-8-24(17-22)27-16-15-21-5-1-2-10-26(21)29-27/h1-18H. The monoisotopic (exact) mass is 375 g/mol. The normalized spacial score (nSPS) is 10.9. The number of para-hydroxylation sites is 1. The maximum atomic E-state index is 13.5. The zero-order valence-corrected chi connectivity index (χ0v) is 15.7. The number of halogens is 1. The molecule has 29 heavy (non-hydrogen) atoms. The average molecular weight is 375 g/mol. The van der Waals surface area contributed by atoms with Gasteiger partial charge in [-0.3, -0.25) is 0 Å². The first-order chi connectivity index (χ1) is 14.3. The topological polar surface area (TPSA) is 12.9 Å². The van der Waals surface area contributed by atoms with Gasteiger partial charge in [-0.15, -0.1) is 0 Å². The van der Waals surface area contributed by atoms with Crippen molar-refractivity contribution < 1.29 is 4.39 Å². The molecule has 1 nitrogen and oxygen atoms in total. The van der Waals surface area contributed by atoms with Crippen LogP contribution in [0.2, 0.25) is 0 Å². The summed E-state index contributed by atoms with van der Waals surface area (Å²) in [7, 11) is 0. The number of fused-ring (bicyclic) bond motifs is 1. The zero-order valence-electron chi connectivity index (χ0n) is 15.7. The lowest BCUT2D eigenvalue weighted by molar-refractivity contribution is 0.628. The van der Waals surface area contributed by atoms with E-state index in [-0.39, 0.29) is 5.82 Å². The summed E-state index contributed by atoms with van der Waals surface area (Å²) in [4.78, 5) is 4.81. The Morgan fingerprint density at radius 2 is 1.14 bits per heavy atom. The van der Waals surface area contributed by atoms with Crippen molar-refractivity contribution in [1.82, 2.24) is 4.98 Å². The summed E-state index contributed by atoms with van der Waals surface area (Å²) < 4.78 is 13.5. The second-order valence-corrected chi connectivity index (χ2v) is 7.06. The third-order valence-electron chi connectivity index (χ3n) is 5.13. The third-order valence-corrected chi connectivity index (χ3v) is 5.13. The van der Waals surface area contributed by atoms with Crippen LogP contribution in [0.1, 0.15) is 0 Å². The Kier molecular flexibility index (Phi) is 4.38. The molecule has 2 heteroatoms. The molecule has 0 fully saturated rings. The Morgan fingerprint density at radius 1 is 0.483 bits per heavy atom. The molecule has 0 saturated carbocycles. The Labute approximate surface area is 169 Å². The molecule has 0 N–H and O–H groups in total. The van der Waals surface area contributed by atoms with Crippen molar-refractivity contribution in [3.63, 3.8) is 0 Å². The fourth-order valence-electron chi connectivity index (χ4n) is 3.61. The van der Waals surface area contributed by atoms with Gasteiger partial charge >= 0.3 is 0 Å². The molecule has 5 rings (SSSR count). The smallest absolute Gasteiger partial charge is 0.123 e. The highest BCUT2D eigenvalue weighted by Crippen LogP contribution is 2.29. The summed E-state index contributed by atoms with van der Waals surface area (Å²) in [5, 5.41) is 1.14. The van der Waals surface area contributed by atoms with Gasteiger partial charge in [0.1, 0.15) is 5.82 Å². The quantitative estimate of drug-likeness (QED) is 0.321. The van der Waals surface area contributed by atoms with E-state index >= 15 is 0 Å². The van der Waals surface area contributed by atoms with Gasteiger partial charge in [-0.25, -0.2) is 9.37 Å². The van der Waals surface area contributed by atoms with Crippen LogP contribution in [0.4, 0.5) is 4.39 Å². The van der Waals surface area contributed by atoms with Gasteiger partial charge in [0.15, 0.2) is 0 Å². The summed E-state index contributed by atoms with van der Waals surface area (Å²) >= 11 is 0. The van der Waals surface area contributed by atoms with Crippen LogP contribution < -0.4 is 0 Å². The van der Waals surface area contributed by atoms with Crippen LogP contribution in [-0.4, -0.2) is 4.98 Å². The molecular weight excluding hydrogens is 357 g/mol. The van der Waals surface area contributed by atoms with E-state index in [1.54, 1.807) is 12.1 Å². The maximum absolute atomic E-state index is 13.5. The first kappa shape index (κ1) is 17.3. The minimum absolute atomic E-state index is 0.220. The van der Waals surface area contributed by atoms with Crippen LogP contribution in [0.5, 0.6) is 0 Å². The molecule has 0 bridgehead atoms. The van der Waals surface area contributed by atoms with Gasteiger partial charge < -0.3 is 0 Å². The van der Waals surface area contributed by atoms with Crippen molar-refractivity contribution in [2.75, 3.05) is 0 Å². The number of benzene rings is 4. The van der Waals surface area contributed by atoms with Gasteiger partial charge in [-0.2, -0.15) is 0 Å². The van der Waals surface area contributed by atoms with Crippen LogP contribution in [0, 0.1) is 5.82 Å². The number of nitrogens with zero attached hydrogens (tertiary/aromatic N) is 1. The lowest BCUT2D eigenvalue weighted by Gasteiger charge is -2.08. The predicted molar refractivity (Wildman–Crippen MR) is 118 cm³/mol. The zero-order chi connectivity index (χ0) is 19.6. The third kappa shape index (κ3) is 3.53. The molecule has 0 unspecified atom stereocenters. The average Bonchev–Trinajstić information content (AvgIpc) is 2.79. The van der Waals surface area contributed by atoms with Crippen molar-refractivity contribution in [2.45, 2.75) is 0 Å². The Morgan fingerprint density at radius 3 is 1.90 bits per heavy atom. The maximum Gasteiger partial charge on any atom is 0.123 e. The molecule has 5 aromatic rings. The summed E-state index contributed by atoms with van der Waals surface area (Å²) in [6.45, 7) is 0. The lowest BCUT2D eigenvalue weighted by Crippen LogP contribution is -1.86. The number of rotatable bonds is 3. The molecule has 4 aromatic carbocycles. The molecule has 0 atom stereocenters. The fraction of sp³-hybridized carbons (Fsp3) is 0. The fourth-order valence-corrected chi connectivity index (χ4v) is 3.61. The van der Waals surface area contributed by atoms with Gasteiger partial charge in [0.2, 0.25) is 0 Å². The Hall–Kier alpha value is -3.78. The van der Waals surface area contributed by atoms with Crippen LogP contribution in [0.25, 0.3) is 44.4 Å². The number of hydrogen-bond acceptors (Lipinski definition) is 1. The highest BCUT2D eigenvalue weighted by Gasteiger charge is 2.05. The van der Waals surface area contributed by atoms with Gasteiger partial charge in [0.05, 0.1) is 11.2 Å². The molecule has 0 spiro atoms. The molecule has 0 aliphatic heterocycles. The van der Waals surface area contributed by atoms with Gasteiger partial charge in [0.25, 0.3) is 0 Å². The molecule has 0 saturated heterocycles. The molecular formula is C27H18FN. The summed E-state index contributed by atoms with van der Waals surface area (Å²) in [6.07, 6.45) is 0. The molecule has 0 radical (unpaired) electrons. The Bertz CT molecular complexity index is 1310. The van der Waals surface area contributed by atoms with Crippen molar-refractivity contribution in [2.24, 2.45) is 0 Å². The minimum atomic E-state index is -0.220. The van der Waals surface area contributed by atoms with Crippen molar-refractivity contribution in [1.29, 1.82) is 0 Å². The summed E-state index contributed by atoms with van der Waals surface area (Å²) in [5.74, 6) is -0.220. The minimum Gasteiger partial charge on any atom is -0.248 e. The van der Waals surface area contributed by atoms with E-state index in [9.17, 15) is 4.39 Å². The highest BCUT2D eigenvalue weighted by molar-refractivity contribution is 5.82. The molecule has 138 valence electrons. The van der Waals surface area contributed by atoms with Crippen molar-refractivity contribution in [3.8, 4) is 33.5 Å². The van der Waals surface area contributed by atoms with Crippen LogP contribution in [-0.2, 0) is 0 Å². The van der Waals surface area contributed by atoms with Crippen LogP contribution in [0.15, 0.2) is 109 Å². The number of aromatic nitrogens is 1. The van der Waals surface area contributed by atoms with E-state index < -0.39 is 0 Å². The van der Waals surface area contributed by atoms with Crippen LogP contribution in [0.3, 0.4) is 0 Å². The first-order valence-corrected chi connectivity index (χ1v) is 9.59. The van der Waals surface area contributed by atoms with Gasteiger partial charge in [-0.1, -0.05) is 78.9 Å². The summed E-state index contributed by atoms with van der Waals surface area (Å²) in [6, 6.07) is 35.6. The first-order valence-electron chi connectivity index (χ1n) is 9.59. The summed E-state index contributed by atoms with van der Waals surface area (Å²) in [5.41, 5.74) is 7.17. The van der Waals surface area contributed by atoms with E-state index in [0.29, 0.717) is 0 Å². The highest BCUT2D eigenvalue weighted by atomic mass is 19.1. The SMILES string of the molecule is Fc1cccc(-c2ccc(-c3cccc(-c4ccc5ccccc5n4)c3)cc2)c1. The second-order valence-electron chi connectivity index (χ2n) is 7.06. The molecule has 0 aliphatic rings. The lowest BCUT2D eigenvalue weighted by atomic mass is 9.98. The van der Waals surface area contributed by atoms with Crippen LogP contribution >= 0.6 is 0 Å². The van der Waals surface area contributed by atoms with Gasteiger partial charge in [0, 0.05) is 10.9 Å². The van der Waals surface area contributed by atoms with E-state index in [1.807, 2.05) is 36.4 Å². The molecule has 0 aliphatic carbocycles. The largest absolute Gasteiger partial charge is 0.248 e. The molecule has 1 heterocycles. The second kappa shape index (κ2) is 7.33. The van der Waals surface area contributed by atoms with Crippen molar-refractivity contribution in [3.05, 3.63) is 115 Å². The molecule has 0 amide bonds. The van der Waals surface area contributed by atoms with E-state index in [4.69, 9.17) is 4.98 Å². The van der Waals surface area contributed by atoms with Crippen molar-refractivity contribution >= 4 is 10.9 Å². The van der Waals surface area contributed by atoms with Gasteiger partial charge in [-0.05, 0) is 52.6 Å². The number of hydrogen-bond donors (Lipinski definition) is 0. The predicted octanol–water partition coefficient (Wildman–Crippen LogP) is 7.37. The number of pyridine rings is 1. The van der Waals surface area contributed by atoms with E-state index in [2.05, 4.69) is 54.6 Å². The van der Waals surface area contributed by atoms with E-state index in [0.717, 1.165) is 44.4 Å². The Balaban J connectivity index is 1.49.